The molecule has 0 aliphatic rings. The Hall–Kier alpha value is -0.880. The molecule has 0 spiro atoms. The van der Waals surface area contributed by atoms with Crippen molar-refractivity contribution in [2.24, 2.45) is 5.84 Å². The van der Waals surface area contributed by atoms with Gasteiger partial charge in [-0.1, -0.05) is 11.6 Å². The van der Waals surface area contributed by atoms with Crippen LogP contribution in [0.2, 0.25) is 5.02 Å². The van der Waals surface area contributed by atoms with E-state index in [-0.39, 0.29) is 5.82 Å². The van der Waals surface area contributed by atoms with E-state index in [1.807, 2.05) is 0 Å². The Morgan fingerprint density at radius 1 is 1.35 bits per heavy atom. The van der Waals surface area contributed by atoms with Crippen LogP contribution in [0.4, 0.5) is 4.39 Å². The predicted octanol–water partition coefficient (Wildman–Crippen LogP) is 3.39. The lowest BCUT2D eigenvalue weighted by molar-refractivity contribution is 0.436. The molecule has 1 unspecified atom stereocenters. The largest absolute Gasteiger partial charge is 0.452 e. The van der Waals surface area contributed by atoms with Crippen LogP contribution < -0.4 is 11.3 Å². The Balaban J connectivity index is 2.45. The molecule has 0 saturated carbocycles. The molecule has 3 N–H and O–H groups in total. The summed E-state index contributed by atoms with van der Waals surface area (Å²) in [7, 11) is 0. The van der Waals surface area contributed by atoms with Gasteiger partial charge < -0.3 is 4.42 Å². The standard InChI is InChI=1S/C11H9BrClFN2O/c12-10-4-3-9(17-10)11(16-15)7-5-6(14)1-2-8(7)13/h1-5,11,16H,15H2. The van der Waals surface area contributed by atoms with E-state index in [4.69, 9.17) is 21.9 Å². The van der Waals surface area contributed by atoms with Crippen LogP contribution in [0.3, 0.4) is 0 Å². The molecular formula is C11H9BrClFN2O. The van der Waals surface area contributed by atoms with Gasteiger partial charge in [0, 0.05) is 5.02 Å². The molecule has 3 nitrogen and oxygen atoms in total. The van der Waals surface area contributed by atoms with Crippen molar-refractivity contribution >= 4 is 27.5 Å². The van der Waals surface area contributed by atoms with Gasteiger partial charge >= 0.3 is 0 Å². The van der Waals surface area contributed by atoms with Gasteiger partial charge in [0.1, 0.15) is 17.6 Å². The summed E-state index contributed by atoms with van der Waals surface area (Å²) in [5.41, 5.74) is 3.07. The Bertz CT molecular complexity index is 532. The second-order valence-corrected chi connectivity index (χ2v) is 4.60. The van der Waals surface area contributed by atoms with Crippen LogP contribution >= 0.6 is 27.5 Å². The maximum absolute atomic E-state index is 13.2. The number of hydrogen-bond acceptors (Lipinski definition) is 3. The van der Waals surface area contributed by atoms with Gasteiger partial charge in [-0.25, -0.2) is 9.82 Å². The van der Waals surface area contributed by atoms with E-state index < -0.39 is 6.04 Å². The number of hydrogen-bond donors (Lipinski definition) is 2. The van der Waals surface area contributed by atoms with Crippen LogP contribution in [0.25, 0.3) is 0 Å². The molecule has 0 amide bonds. The predicted molar refractivity (Wildman–Crippen MR) is 67.0 cm³/mol. The van der Waals surface area contributed by atoms with E-state index in [9.17, 15) is 4.39 Å². The van der Waals surface area contributed by atoms with Gasteiger partial charge in [-0.05, 0) is 51.8 Å². The first-order chi connectivity index (χ1) is 8.11. The molecule has 6 heteroatoms. The highest BCUT2D eigenvalue weighted by molar-refractivity contribution is 9.10. The zero-order valence-corrected chi connectivity index (χ0v) is 10.9. The third-order valence-electron chi connectivity index (χ3n) is 2.31. The third-order valence-corrected chi connectivity index (χ3v) is 3.08. The fourth-order valence-corrected chi connectivity index (χ4v) is 2.09. The highest BCUT2D eigenvalue weighted by Gasteiger charge is 2.19. The van der Waals surface area contributed by atoms with Crippen LogP contribution in [-0.2, 0) is 0 Å². The molecule has 0 saturated heterocycles. The molecule has 1 aromatic carbocycles. The summed E-state index contributed by atoms with van der Waals surface area (Å²) in [5.74, 6) is 5.63. The molecule has 0 aliphatic carbocycles. The van der Waals surface area contributed by atoms with Crippen molar-refractivity contribution in [1.29, 1.82) is 0 Å². The lowest BCUT2D eigenvalue weighted by Gasteiger charge is -2.15. The van der Waals surface area contributed by atoms with Crippen LogP contribution in [0.1, 0.15) is 17.4 Å². The van der Waals surface area contributed by atoms with E-state index in [1.54, 1.807) is 12.1 Å². The molecule has 0 bridgehead atoms. The molecule has 90 valence electrons. The average Bonchev–Trinajstić information content (AvgIpc) is 2.71. The van der Waals surface area contributed by atoms with Crippen molar-refractivity contribution in [3.8, 4) is 0 Å². The van der Waals surface area contributed by atoms with Crippen LogP contribution in [-0.4, -0.2) is 0 Å². The fraction of sp³-hybridized carbons (Fsp3) is 0.0909. The molecule has 2 rings (SSSR count). The first-order valence-electron chi connectivity index (χ1n) is 4.78. The summed E-state index contributed by atoms with van der Waals surface area (Å²) < 4.78 is 19.1. The van der Waals surface area contributed by atoms with Gasteiger partial charge in [0.15, 0.2) is 4.67 Å². The van der Waals surface area contributed by atoms with Crippen molar-refractivity contribution in [1.82, 2.24) is 5.43 Å². The summed E-state index contributed by atoms with van der Waals surface area (Å²) in [6.45, 7) is 0. The minimum Gasteiger partial charge on any atom is -0.452 e. The summed E-state index contributed by atoms with van der Waals surface area (Å²) in [5, 5.41) is 0.418. The minimum atomic E-state index is -0.496. The number of halogens is 3. The lowest BCUT2D eigenvalue weighted by atomic mass is 10.1. The van der Waals surface area contributed by atoms with Crippen molar-refractivity contribution in [2.75, 3.05) is 0 Å². The molecule has 0 fully saturated rings. The Morgan fingerprint density at radius 2 is 2.12 bits per heavy atom. The molecule has 1 heterocycles. The van der Waals surface area contributed by atoms with Crippen LogP contribution in [0, 0.1) is 5.82 Å². The highest BCUT2D eigenvalue weighted by Crippen LogP contribution is 2.30. The maximum Gasteiger partial charge on any atom is 0.169 e. The number of furan rings is 1. The van der Waals surface area contributed by atoms with E-state index in [0.717, 1.165) is 0 Å². The van der Waals surface area contributed by atoms with Gasteiger partial charge in [0.05, 0.1) is 0 Å². The smallest absolute Gasteiger partial charge is 0.169 e. The van der Waals surface area contributed by atoms with E-state index in [1.165, 1.54) is 18.2 Å². The van der Waals surface area contributed by atoms with Gasteiger partial charge in [0.2, 0.25) is 0 Å². The normalized spacial score (nSPS) is 12.7. The maximum atomic E-state index is 13.2. The molecule has 17 heavy (non-hydrogen) atoms. The average molecular weight is 320 g/mol. The zero-order valence-electron chi connectivity index (χ0n) is 8.58. The first-order valence-corrected chi connectivity index (χ1v) is 5.95. The molecule has 2 aromatic rings. The van der Waals surface area contributed by atoms with Crippen molar-refractivity contribution < 1.29 is 8.81 Å². The number of nitrogens with one attached hydrogen (secondary N) is 1. The minimum absolute atomic E-state index is 0.379. The Labute approximate surface area is 111 Å². The Morgan fingerprint density at radius 3 is 2.71 bits per heavy atom. The van der Waals surface area contributed by atoms with Crippen molar-refractivity contribution in [2.45, 2.75) is 6.04 Å². The summed E-state index contributed by atoms with van der Waals surface area (Å²) in [4.78, 5) is 0. The zero-order chi connectivity index (χ0) is 12.4. The fourth-order valence-electron chi connectivity index (χ4n) is 1.54. The van der Waals surface area contributed by atoms with Crippen LogP contribution in [0.15, 0.2) is 39.4 Å². The third kappa shape index (κ3) is 2.69. The van der Waals surface area contributed by atoms with Crippen molar-refractivity contribution in [3.05, 3.63) is 57.2 Å². The number of hydrazine groups is 1. The van der Waals surface area contributed by atoms with Crippen molar-refractivity contribution in [3.63, 3.8) is 0 Å². The molecular weight excluding hydrogens is 310 g/mol. The van der Waals surface area contributed by atoms with E-state index in [0.29, 0.717) is 21.0 Å². The SMILES string of the molecule is NNC(c1ccc(Br)o1)c1cc(F)ccc1Cl. The van der Waals surface area contributed by atoms with Crippen LogP contribution in [0.5, 0.6) is 0 Å². The molecule has 1 atom stereocenters. The number of rotatable bonds is 3. The molecule has 1 aromatic heterocycles. The second kappa shape index (κ2) is 5.18. The van der Waals surface area contributed by atoms with E-state index in [2.05, 4.69) is 21.4 Å². The molecule has 0 aliphatic heterocycles. The van der Waals surface area contributed by atoms with Gasteiger partial charge in [0.25, 0.3) is 0 Å². The summed E-state index contributed by atoms with van der Waals surface area (Å²) in [6.07, 6.45) is 0. The Kier molecular flexibility index (Phi) is 3.83. The lowest BCUT2D eigenvalue weighted by Crippen LogP contribution is -2.28. The summed E-state index contributed by atoms with van der Waals surface area (Å²) >= 11 is 9.20. The van der Waals surface area contributed by atoms with Gasteiger partial charge in [-0.15, -0.1) is 0 Å². The quantitative estimate of drug-likeness (QED) is 0.673. The number of nitrogens with two attached hydrogens (primary N) is 1. The monoisotopic (exact) mass is 318 g/mol. The number of benzene rings is 1. The summed E-state index contributed by atoms with van der Waals surface area (Å²) in [6, 6.07) is 7.06. The van der Waals surface area contributed by atoms with Gasteiger partial charge in [-0.2, -0.15) is 0 Å². The van der Waals surface area contributed by atoms with E-state index >= 15 is 0 Å². The highest BCUT2D eigenvalue weighted by atomic mass is 79.9. The molecule has 0 radical (unpaired) electrons. The van der Waals surface area contributed by atoms with Gasteiger partial charge in [-0.3, -0.25) is 5.84 Å². The first kappa shape index (κ1) is 12.6. The topological polar surface area (TPSA) is 51.2 Å². The second-order valence-electron chi connectivity index (χ2n) is 3.41.